The van der Waals surface area contributed by atoms with Gasteiger partial charge in [0.2, 0.25) is 5.79 Å². The van der Waals surface area contributed by atoms with E-state index in [-0.39, 0.29) is 5.69 Å². The molecule has 0 aliphatic carbocycles. The molecule has 0 aromatic heterocycles. The van der Waals surface area contributed by atoms with Crippen molar-refractivity contribution in [1.82, 2.24) is 15.5 Å². The Bertz CT molecular complexity index is 1020. The molecule has 4 N–H and O–H groups in total. The molecular formula is C23H28N6O3. The van der Waals surface area contributed by atoms with Crippen LogP contribution in [0.5, 0.6) is 0 Å². The van der Waals surface area contributed by atoms with Crippen LogP contribution in [0.1, 0.15) is 12.0 Å². The van der Waals surface area contributed by atoms with Gasteiger partial charge in [0, 0.05) is 43.5 Å². The Kier molecular flexibility index (Phi) is 6.79. The molecule has 2 aliphatic heterocycles. The van der Waals surface area contributed by atoms with Gasteiger partial charge in [-0.1, -0.05) is 30.3 Å². The van der Waals surface area contributed by atoms with Gasteiger partial charge in [0.1, 0.15) is 5.82 Å². The van der Waals surface area contributed by atoms with Crippen LogP contribution in [-0.4, -0.2) is 55.4 Å². The zero-order chi connectivity index (χ0) is 22.4. The summed E-state index contributed by atoms with van der Waals surface area (Å²) in [5, 5.41) is 17.8. The highest BCUT2D eigenvalue weighted by atomic mass is 16.6. The van der Waals surface area contributed by atoms with Crippen molar-refractivity contribution in [2.45, 2.75) is 12.2 Å². The molecule has 9 nitrogen and oxygen atoms in total. The number of rotatable bonds is 8. The monoisotopic (exact) mass is 436 g/mol. The molecule has 168 valence electrons. The maximum absolute atomic E-state index is 11.1. The lowest BCUT2D eigenvalue weighted by Gasteiger charge is -2.32. The minimum absolute atomic E-state index is 0.0516. The number of nitro groups is 1. The van der Waals surface area contributed by atoms with E-state index in [4.69, 9.17) is 10.5 Å². The molecule has 0 amide bonds. The summed E-state index contributed by atoms with van der Waals surface area (Å²) in [4.78, 5) is 17.6. The number of non-ortho nitro benzene ring substituents is 1. The molecular weight excluding hydrogens is 408 g/mol. The van der Waals surface area contributed by atoms with Crippen LogP contribution < -0.4 is 16.4 Å². The molecule has 2 aromatic carbocycles. The van der Waals surface area contributed by atoms with E-state index < -0.39 is 10.7 Å². The summed E-state index contributed by atoms with van der Waals surface area (Å²) in [7, 11) is 0. The van der Waals surface area contributed by atoms with Gasteiger partial charge in [-0.3, -0.25) is 20.7 Å². The number of nitro benzene ring substituents is 1. The number of allylic oxidation sites excluding steroid dienone is 1. The lowest BCUT2D eigenvalue weighted by Crippen LogP contribution is -2.52. The van der Waals surface area contributed by atoms with Crippen molar-refractivity contribution in [3.05, 3.63) is 76.1 Å². The third-order valence-corrected chi connectivity index (χ3v) is 5.61. The van der Waals surface area contributed by atoms with E-state index in [2.05, 4.69) is 20.5 Å². The zero-order valence-electron chi connectivity index (χ0n) is 17.9. The van der Waals surface area contributed by atoms with Crippen LogP contribution in [0.4, 0.5) is 5.69 Å². The van der Waals surface area contributed by atoms with E-state index in [0.29, 0.717) is 0 Å². The number of morpholine rings is 1. The number of nitrogens with zero attached hydrogens (tertiary/aromatic N) is 3. The van der Waals surface area contributed by atoms with Crippen LogP contribution in [0.15, 0.2) is 65.4 Å². The van der Waals surface area contributed by atoms with Gasteiger partial charge in [0.05, 0.1) is 18.1 Å². The van der Waals surface area contributed by atoms with Crippen LogP contribution in [0.3, 0.4) is 0 Å². The van der Waals surface area contributed by atoms with Crippen molar-refractivity contribution in [3.8, 4) is 11.1 Å². The average molecular weight is 437 g/mol. The maximum atomic E-state index is 11.1. The van der Waals surface area contributed by atoms with Gasteiger partial charge in [-0.2, -0.15) is 0 Å². The first-order valence-electron chi connectivity index (χ1n) is 10.8. The number of hydrogen-bond donors (Lipinski definition) is 3. The van der Waals surface area contributed by atoms with E-state index in [9.17, 15) is 10.1 Å². The Hall–Kier alpha value is -3.27. The fourth-order valence-electron chi connectivity index (χ4n) is 3.84. The number of nitrogens with one attached hydrogen (secondary N) is 2. The summed E-state index contributed by atoms with van der Waals surface area (Å²) >= 11 is 0. The van der Waals surface area contributed by atoms with Crippen LogP contribution >= 0.6 is 0 Å². The van der Waals surface area contributed by atoms with Crippen molar-refractivity contribution in [3.63, 3.8) is 0 Å². The number of nitrogens with two attached hydrogens (primary N) is 1. The van der Waals surface area contributed by atoms with E-state index in [1.165, 1.54) is 6.07 Å². The number of aliphatic imine (C=N–C) groups is 1. The molecule has 2 aliphatic rings. The van der Waals surface area contributed by atoms with E-state index >= 15 is 0 Å². The average Bonchev–Trinajstić information content (AvgIpc) is 2.83. The molecule has 2 heterocycles. The van der Waals surface area contributed by atoms with Crippen molar-refractivity contribution in [2.24, 2.45) is 10.7 Å². The summed E-state index contributed by atoms with van der Waals surface area (Å²) in [5.41, 5.74) is 9.00. The van der Waals surface area contributed by atoms with Gasteiger partial charge >= 0.3 is 0 Å². The molecule has 0 radical (unpaired) electrons. The molecule has 1 saturated heterocycles. The van der Waals surface area contributed by atoms with Gasteiger partial charge in [-0.05, 0) is 36.2 Å². The summed E-state index contributed by atoms with van der Waals surface area (Å²) in [6.07, 6.45) is 4.57. The minimum atomic E-state index is -1.13. The van der Waals surface area contributed by atoms with Gasteiger partial charge in [-0.25, -0.2) is 4.99 Å². The summed E-state index contributed by atoms with van der Waals surface area (Å²) < 4.78 is 5.38. The topological polar surface area (TPSA) is 118 Å². The quantitative estimate of drug-likeness (QED) is 0.330. The van der Waals surface area contributed by atoms with Crippen molar-refractivity contribution < 1.29 is 9.66 Å². The molecule has 0 bridgehead atoms. The van der Waals surface area contributed by atoms with E-state index in [0.717, 1.165) is 68.3 Å². The van der Waals surface area contributed by atoms with E-state index in [1.807, 2.05) is 36.4 Å². The highest BCUT2D eigenvalue weighted by Gasteiger charge is 2.29. The second-order valence-corrected chi connectivity index (χ2v) is 7.87. The summed E-state index contributed by atoms with van der Waals surface area (Å²) in [6, 6.07) is 14.1. The molecule has 9 heteroatoms. The zero-order valence-corrected chi connectivity index (χ0v) is 17.9. The van der Waals surface area contributed by atoms with E-state index in [1.54, 1.807) is 18.3 Å². The first-order valence-corrected chi connectivity index (χ1v) is 10.8. The highest BCUT2D eigenvalue weighted by molar-refractivity contribution is 5.74. The molecule has 32 heavy (non-hydrogen) atoms. The molecule has 2 aromatic rings. The Labute approximate surface area is 187 Å². The largest absolute Gasteiger partial charge is 0.379 e. The smallest absolute Gasteiger partial charge is 0.270 e. The normalized spacial score (nSPS) is 21.0. The predicted molar refractivity (Wildman–Crippen MR) is 124 cm³/mol. The standard InChI is InChI=1S/C23H28N6O3/c24-23(20-6-1-4-18(16-20)19-5-2-7-21(17-19)29(30)31)26-10-8-22(27-23)25-9-3-11-28-12-14-32-15-13-28/h1-2,4-8,10,16-17,25,27H,3,9,11-15,24H2. The molecule has 4 rings (SSSR count). The van der Waals surface area contributed by atoms with Crippen molar-refractivity contribution in [1.29, 1.82) is 0 Å². The fraction of sp³-hybridized carbons (Fsp3) is 0.348. The van der Waals surface area contributed by atoms with Crippen LogP contribution in [-0.2, 0) is 10.5 Å². The number of benzene rings is 2. The van der Waals surface area contributed by atoms with Crippen molar-refractivity contribution >= 4 is 11.9 Å². The Balaban J connectivity index is 1.39. The Morgan fingerprint density at radius 1 is 1.19 bits per heavy atom. The molecule has 1 atom stereocenters. The van der Waals surface area contributed by atoms with Gasteiger partial charge in [0.15, 0.2) is 0 Å². The van der Waals surface area contributed by atoms with Crippen LogP contribution in [0, 0.1) is 10.1 Å². The molecule has 1 unspecified atom stereocenters. The van der Waals surface area contributed by atoms with Crippen LogP contribution in [0.2, 0.25) is 0 Å². The molecule has 1 fully saturated rings. The van der Waals surface area contributed by atoms with Gasteiger partial charge < -0.3 is 15.4 Å². The van der Waals surface area contributed by atoms with Gasteiger partial charge in [0.25, 0.3) is 5.69 Å². The first-order chi connectivity index (χ1) is 15.5. The lowest BCUT2D eigenvalue weighted by molar-refractivity contribution is -0.384. The second-order valence-electron chi connectivity index (χ2n) is 7.87. The SMILES string of the molecule is NC1(c2cccc(-c3cccc([N+](=O)[O-])c3)c2)N=CC=C(NCCCN2CCOCC2)N1. The molecule has 0 saturated carbocycles. The first kappa shape index (κ1) is 21.9. The Morgan fingerprint density at radius 2 is 1.94 bits per heavy atom. The fourth-order valence-corrected chi connectivity index (χ4v) is 3.84. The predicted octanol–water partition coefficient (Wildman–Crippen LogP) is 2.16. The Morgan fingerprint density at radius 3 is 2.72 bits per heavy atom. The van der Waals surface area contributed by atoms with Crippen LogP contribution in [0.25, 0.3) is 11.1 Å². The minimum Gasteiger partial charge on any atom is -0.379 e. The number of hydrogen-bond acceptors (Lipinski definition) is 8. The molecule has 0 spiro atoms. The summed E-state index contributed by atoms with van der Waals surface area (Å²) in [5.74, 6) is -0.317. The third kappa shape index (κ3) is 5.31. The highest BCUT2D eigenvalue weighted by Crippen LogP contribution is 2.28. The lowest BCUT2D eigenvalue weighted by atomic mass is 9.99. The summed E-state index contributed by atoms with van der Waals surface area (Å²) in [6.45, 7) is 5.43. The van der Waals surface area contributed by atoms with Gasteiger partial charge in [-0.15, -0.1) is 0 Å². The maximum Gasteiger partial charge on any atom is 0.270 e. The second kappa shape index (κ2) is 9.90. The number of ether oxygens (including phenoxy) is 1. The third-order valence-electron chi connectivity index (χ3n) is 5.61. The van der Waals surface area contributed by atoms with Crippen molar-refractivity contribution in [2.75, 3.05) is 39.4 Å².